The quantitative estimate of drug-likeness (QED) is 0.519. The zero-order valence-corrected chi connectivity index (χ0v) is 6.89. The van der Waals surface area contributed by atoms with Crippen molar-refractivity contribution in [3.8, 4) is 0 Å². The van der Waals surface area contributed by atoms with Crippen LogP contribution in [0.25, 0.3) is 0 Å². The first-order chi connectivity index (χ1) is 4.18. The van der Waals surface area contributed by atoms with Crippen LogP contribution in [0.5, 0.6) is 0 Å². The van der Waals surface area contributed by atoms with Gasteiger partial charge in [-0.3, -0.25) is 0 Å². The lowest BCUT2D eigenvalue weighted by molar-refractivity contribution is 0.799. The molecular weight excluding hydrogens is 136 g/mol. The standard InChI is InChI=1S/C6H12S2/c1-5-3-6(2)8-4-7-5/h5-6H,3-4H2,1-2H3/t5-,6+/i4D/t4?,5-,6+. The zero-order chi connectivity index (χ0) is 6.85. The second kappa shape index (κ2) is 3.02. The average molecular weight is 149 g/mol. The van der Waals surface area contributed by atoms with Crippen molar-refractivity contribution in [2.75, 3.05) is 5.06 Å². The molecule has 0 aromatic heterocycles. The van der Waals surface area contributed by atoms with Crippen LogP contribution in [-0.4, -0.2) is 15.6 Å². The highest BCUT2D eigenvalue weighted by Gasteiger charge is 2.14. The van der Waals surface area contributed by atoms with E-state index in [2.05, 4.69) is 13.8 Å². The van der Waals surface area contributed by atoms with Crippen molar-refractivity contribution in [3.63, 3.8) is 0 Å². The fraction of sp³-hybridized carbons (Fsp3) is 1.00. The molecule has 0 amide bonds. The molecule has 1 aliphatic heterocycles. The summed E-state index contributed by atoms with van der Waals surface area (Å²) in [4.78, 5) is 0. The van der Waals surface area contributed by atoms with Gasteiger partial charge in [0, 0.05) is 16.9 Å². The number of rotatable bonds is 0. The summed E-state index contributed by atoms with van der Waals surface area (Å²) < 4.78 is 7.46. The van der Waals surface area contributed by atoms with E-state index in [9.17, 15) is 0 Å². The molecule has 0 aliphatic carbocycles. The first-order valence-electron chi connectivity index (χ1n) is 3.49. The van der Waals surface area contributed by atoms with Crippen molar-refractivity contribution in [3.05, 3.63) is 0 Å². The Kier molecular flexibility index (Phi) is 2.07. The fourth-order valence-corrected chi connectivity index (χ4v) is 3.50. The van der Waals surface area contributed by atoms with E-state index in [1.807, 2.05) is 0 Å². The highest BCUT2D eigenvalue weighted by atomic mass is 32.2. The van der Waals surface area contributed by atoms with Crippen LogP contribution in [0, 0.1) is 0 Å². The molecule has 1 saturated heterocycles. The van der Waals surface area contributed by atoms with Gasteiger partial charge in [-0.1, -0.05) is 13.8 Å². The second-order valence-corrected chi connectivity index (χ2v) is 5.15. The van der Waals surface area contributed by atoms with Crippen LogP contribution in [0.2, 0.25) is 0 Å². The van der Waals surface area contributed by atoms with E-state index >= 15 is 0 Å². The zero-order valence-electron chi connectivity index (χ0n) is 6.26. The third kappa shape index (κ3) is 1.90. The normalized spacial score (nSPS) is 50.8. The molecule has 3 atom stereocenters. The number of hydrogen-bond acceptors (Lipinski definition) is 2. The first-order valence-corrected chi connectivity index (χ1v) is 4.80. The lowest BCUT2D eigenvalue weighted by Crippen LogP contribution is -2.11. The van der Waals surface area contributed by atoms with Crippen LogP contribution in [0.15, 0.2) is 0 Å². The Hall–Kier alpha value is 0.700. The minimum atomic E-state index is 0.0729. The molecule has 0 saturated carbocycles. The molecular formula is C6H12S2. The minimum Gasteiger partial charge on any atom is -0.148 e. The van der Waals surface area contributed by atoms with Crippen molar-refractivity contribution in [1.29, 1.82) is 0 Å². The summed E-state index contributed by atoms with van der Waals surface area (Å²) >= 11 is 3.55. The van der Waals surface area contributed by atoms with E-state index < -0.39 is 0 Å². The molecule has 0 aromatic rings. The van der Waals surface area contributed by atoms with Crippen molar-refractivity contribution < 1.29 is 1.37 Å². The summed E-state index contributed by atoms with van der Waals surface area (Å²) in [6.45, 7) is 4.42. The molecule has 0 N–H and O–H groups in total. The summed E-state index contributed by atoms with van der Waals surface area (Å²) in [6.07, 6.45) is 1.27. The van der Waals surface area contributed by atoms with Gasteiger partial charge in [-0.25, -0.2) is 0 Å². The van der Waals surface area contributed by atoms with Gasteiger partial charge in [0.2, 0.25) is 0 Å². The van der Waals surface area contributed by atoms with Gasteiger partial charge >= 0.3 is 0 Å². The van der Waals surface area contributed by atoms with Gasteiger partial charge in [0.15, 0.2) is 0 Å². The summed E-state index contributed by atoms with van der Waals surface area (Å²) in [7, 11) is 0. The number of thioether (sulfide) groups is 2. The van der Waals surface area contributed by atoms with E-state index in [1.165, 1.54) is 6.42 Å². The van der Waals surface area contributed by atoms with Crippen molar-refractivity contribution >= 4 is 23.5 Å². The maximum absolute atomic E-state index is 7.46. The highest BCUT2D eigenvalue weighted by Crippen LogP contribution is 2.32. The third-order valence-electron chi connectivity index (χ3n) is 1.24. The Bertz CT molecular complexity index is 72.0. The van der Waals surface area contributed by atoms with Crippen molar-refractivity contribution in [2.24, 2.45) is 0 Å². The topological polar surface area (TPSA) is 0 Å². The summed E-state index contributed by atoms with van der Waals surface area (Å²) in [5, 5.41) is 1.47. The highest BCUT2D eigenvalue weighted by molar-refractivity contribution is 8.17. The monoisotopic (exact) mass is 149 g/mol. The van der Waals surface area contributed by atoms with Gasteiger partial charge < -0.3 is 0 Å². The van der Waals surface area contributed by atoms with E-state index in [-0.39, 0.29) is 5.06 Å². The van der Waals surface area contributed by atoms with Crippen LogP contribution in [0.3, 0.4) is 0 Å². The maximum Gasteiger partial charge on any atom is 0.0496 e. The van der Waals surface area contributed by atoms with E-state index in [0.717, 1.165) is 0 Å². The van der Waals surface area contributed by atoms with Crippen molar-refractivity contribution in [2.45, 2.75) is 30.8 Å². The molecule has 1 fully saturated rings. The Morgan fingerprint density at radius 1 is 1.38 bits per heavy atom. The van der Waals surface area contributed by atoms with Gasteiger partial charge in [0.05, 0.1) is 0 Å². The van der Waals surface area contributed by atoms with Gasteiger partial charge in [-0.15, -0.1) is 23.5 Å². The van der Waals surface area contributed by atoms with Crippen LogP contribution in [0.1, 0.15) is 21.6 Å². The van der Waals surface area contributed by atoms with Gasteiger partial charge in [-0.2, -0.15) is 0 Å². The van der Waals surface area contributed by atoms with E-state index in [4.69, 9.17) is 1.37 Å². The molecule has 0 radical (unpaired) electrons. The van der Waals surface area contributed by atoms with Gasteiger partial charge in [0.1, 0.15) is 0 Å². The third-order valence-corrected chi connectivity index (χ3v) is 3.44. The van der Waals surface area contributed by atoms with Crippen molar-refractivity contribution in [1.82, 2.24) is 0 Å². The Morgan fingerprint density at radius 2 is 1.88 bits per heavy atom. The first kappa shape index (κ1) is 5.48. The van der Waals surface area contributed by atoms with E-state index in [0.29, 0.717) is 10.5 Å². The maximum atomic E-state index is 7.46. The Morgan fingerprint density at radius 3 is 2.25 bits per heavy atom. The van der Waals surface area contributed by atoms with E-state index in [1.54, 1.807) is 23.5 Å². The molecule has 0 spiro atoms. The fourth-order valence-electron chi connectivity index (χ4n) is 0.800. The molecule has 1 unspecified atom stereocenters. The Labute approximate surface area is 61.2 Å². The largest absolute Gasteiger partial charge is 0.148 e. The molecule has 0 nitrogen and oxygen atoms in total. The molecule has 1 aliphatic rings. The van der Waals surface area contributed by atoms with Crippen LogP contribution >= 0.6 is 23.5 Å². The molecule has 2 heteroatoms. The Balaban J connectivity index is 2.34. The van der Waals surface area contributed by atoms with Crippen LogP contribution in [-0.2, 0) is 0 Å². The second-order valence-electron chi connectivity index (χ2n) is 2.23. The van der Waals surface area contributed by atoms with Gasteiger partial charge in [0.25, 0.3) is 0 Å². The average Bonchev–Trinajstić information content (AvgIpc) is 1.59. The lowest BCUT2D eigenvalue weighted by Gasteiger charge is -2.22. The number of hydrogen-bond donors (Lipinski definition) is 0. The van der Waals surface area contributed by atoms with Gasteiger partial charge in [-0.05, 0) is 6.42 Å². The molecule has 0 bridgehead atoms. The van der Waals surface area contributed by atoms with Crippen LogP contribution < -0.4 is 0 Å². The molecule has 8 heavy (non-hydrogen) atoms. The SMILES string of the molecule is [2H]C1S[C@H](C)C[C@H](C)S1. The molecule has 48 valence electrons. The summed E-state index contributed by atoms with van der Waals surface area (Å²) in [5.74, 6) is 0. The molecule has 1 heterocycles. The predicted molar refractivity (Wildman–Crippen MR) is 43.6 cm³/mol. The van der Waals surface area contributed by atoms with Crippen LogP contribution in [0.4, 0.5) is 0 Å². The molecule has 0 aromatic carbocycles. The smallest absolute Gasteiger partial charge is 0.0496 e. The lowest BCUT2D eigenvalue weighted by atomic mass is 10.3. The summed E-state index contributed by atoms with van der Waals surface area (Å²) in [6, 6.07) is 0. The predicted octanol–water partition coefficient (Wildman–Crippen LogP) is 2.59. The summed E-state index contributed by atoms with van der Waals surface area (Å²) in [5.41, 5.74) is 0. The minimum absolute atomic E-state index is 0.0729. The molecule has 1 rings (SSSR count).